The number of nitrogens with zero attached hydrogens (tertiary/aromatic N) is 2. The van der Waals surface area contributed by atoms with E-state index in [4.69, 9.17) is 4.74 Å². The molecule has 0 radical (unpaired) electrons. The van der Waals surface area contributed by atoms with Gasteiger partial charge in [0, 0.05) is 24.5 Å². The van der Waals surface area contributed by atoms with Crippen LogP contribution in [0.5, 0.6) is 0 Å². The number of carbonyl (C=O) groups is 1. The molecule has 3 rings (SSSR count). The quantitative estimate of drug-likeness (QED) is 0.782. The van der Waals surface area contributed by atoms with Crippen molar-refractivity contribution in [1.82, 2.24) is 0 Å². The van der Waals surface area contributed by atoms with Crippen LogP contribution >= 0.6 is 0 Å². The number of amides is 1. The first kappa shape index (κ1) is 21.1. The summed E-state index contributed by atoms with van der Waals surface area (Å²) in [6.07, 6.45) is 1.11. The summed E-state index contributed by atoms with van der Waals surface area (Å²) >= 11 is 0. The Bertz CT molecular complexity index is 954. The summed E-state index contributed by atoms with van der Waals surface area (Å²) in [6.45, 7) is 6.54. The van der Waals surface area contributed by atoms with Crippen molar-refractivity contribution in [1.29, 1.82) is 0 Å². The highest BCUT2D eigenvalue weighted by Gasteiger charge is 2.29. The molecule has 0 unspecified atom stereocenters. The predicted molar refractivity (Wildman–Crippen MR) is 116 cm³/mol. The SMILES string of the molecule is Cc1cccc(N([C@H](C)C(=O)Nc2ccc(N3CCOCC3)cc2)S(C)(=O)=O)c1. The number of rotatable bonds is 6. The first-order chi connectivity index (χ1) is 13.8. The van der Waals surface area contributed by atoms with Gasteiger partial charge < -0.3 is 15.0 Å². The van der Waals surface area contributed by atoms with Gasteiger partial charge in [-0.1, -0.05) is 12.1 Å². The maximum absolute atomic E-state index is 12.8. The molecule has 7 nitrogen and oxygen atoms in total. The molecule has 29 heavy (non-hydrogen) atoms. The Hall–Kier alpha value is -2.58. The molecule has 156 valence electrons. The van der Waals surface area contributed by atoms with Gasteiger partial charge in [0.05, 0.1) is 25.2 Å². The van der Waals surface area contributed by atoms with Crippen LogP contribution in [-0.4, -0.2) is 52.9 Å². The first-order valence-electron chi connectivity index (χ1n) is 9.55. The highest BCUT2D eigenvalue weighted by molar-refractivity contribution is 7.92. The zero-order valence-electron chi connectivity index (χ0n) is 17.0. The minimum atomic E-state index is -3.64. The molecule has 1 saturated heterocycles. The van der Waals surface area contributed by atoms with E-state index >= 15 is 0 Å². The molecule has 0 aliphatic carbocycles. The Labute approximate surface area is 172 Å². The zero-order chi connectivity index (χ0) is 21.0. The molecule has 2 aromatic carbocycles. The highest BCUT2D eigenvalue weighted by atomic mass is 32.2. The number of sulfonamides is 1. The molecule has 1 atom stereocenters. The number of carbonyl (C=O) groups excluding carboxylic acids is 1. The van der Waals surface area contributed by atoms with Crippen LogP contribution in [0, 0.1) is 6.92 Å². The minimum Gasteiger partial charge on any atom is -0.378 e. The van der Waals surface area contributed by atoms with Crippen LogP contribution in [0.4, 0.5) is 17.1 Å². The fourth-order valence-corrected chi connectivity index (χ4v) is 4.56. The van der Waals surface area contributed by atoms with Crippen molar-refractivity contribution in [2.24, 2.45) is 0 Å². The fourth-order valence-electron chi connectivity index (χ4n) is 3.40. The zero-order valence-corrected chi connectivity index (χ0v) is 17.8. The number of hydrogen-bond acceptors (Lipinski definition) is 5. The van der Waals surface area contributed by atoms with Crippen molar-refractivity contribution in [3.05, 3.63) is 54.1 Å². The molecule has 0 saturated carbocycles. The van der Waals surface area contributed by atoms with E-state index in [1.54, 1.807) is 25.1 Å². The number of benzene rings is 2. The lowest BCUT2D eigenvalue weighted by Crippen LogP contribution is -2.45. The molecule has 1 heterocycles. The Kier molecular flexibility index (Phi) is 6.44. The number of anilines is 3. The van der Waals surface area contributed by atoms with E-state index in [0.717, 1.165) is 34.9 Å². The first-order valence-corrected chi connectivity index (χ1v) is 11.4. The van der Waals surface area contributed by atoms with Crippen molar-refractivity contribution in [3.63, 3.8) is 0 Å². The van der Waals surface area contributed by atoms with E-state index in [2.05, 4.69) is 10.2 Å². The molecule has 1 aliphatic rings. The van der Waals surface area contributed by atoms with Crippen LogP contribution in [-0.2, 0) is 19.6 Å². The second kappa shape index (κ2) is 8.84. The maximum Gasteiger partial charge on any atom is 0.247 e. The molecule has 0 spiro atoms. The van der Waals surface area contributed by atoms with Gasteiger partial charge in [-0.3, -0.25) is 9.10 Å². The lowest BCUT2D eigenvalue weighted by molar-refractivity contribution is -0.116. The Morgan fingerprint density at radius 1 is 1.14 bits per heavy atom. The van der Waals surface area contributed by atoms with E-state index in [-0.39, 0.29) is 0 Å². The van der Waals surface area contributed by atoms with E-state index in [1.165, 1.54) is 0 Å². The highest BCUT2D eigenvalue weighted by Crippen LogP contribution is 2.23. The summed E-state index contributed by atoms with van der Waals surface area (Å²) in [7, 11) is -3.64. The molecule has 0 aromatic heterocycles. The van der Waals surface area contributed by atoms with Gasteiger partial charge in [0.2, 0.25) is 15.9 Å². The summed E-state index contributed by atoms with van der Waals surface area (Å²) in [5, 5.41) is 2.82. The smallest absolute Gasteiger partial charge is 0.247 e. The maximum atomic E-state index is 12.8. The number of ether oxygens (including phenoxy) is 1. The third-order valence-electron chi connectivity index (χ3n) is 4.86. The number of morpholine rings is 1. The molecular formula is C21H27N3O4S. The third-order valence-corrected chi connectivity index (χ3v) is 6.10. The molecule has 1 N–H and O–H groups in total. The Morgan fingerprint density at radius 2 is 1.79 bits per heavy atom. The normalized spacial score (nSPS) is 15.6. The van der Waals surface area contributed by atoms with Crippen molar-refractivity contribution in [3.8, 4) is 0 Å². The third kappa shape index (κ3) is 5.27. The standard InChI is InChI=1S/C21H27N3O4S/c1-16-5-4-6-20(15-16)24(29(3,26)27)17(2)21(25)22-18-7-9-19(10-8-18)23-11-13-28-14-12-23/h4-10,15,17H,11-14H2,1-3H3,(H,22,25)/t17-/m1/s1. The van der Waals surface area contributed by atoms with Crippen LogP contribution in [0.15, 0.2) is 48.5 Å². The summed E-state index contributed by atoms with van der Waals surface area (Å²) in [4.78, 5) is 15.0. The van der Waals surface area contributed by atoms with Gasteiger partial charge >= 0.3 is 0 Å². The van der Waals surface area contributed by atoms with Gasteiger partial charge in [-0.25, -0.2) is 8.42 Å². The average molecular weight is 418 g/mol. The van der Waals surface area contributed by atoms with Gasteiger partial charge in [-0.2, -0.15) is 0 Å². The molecule has 1 amide bonds. The van der Waals surface area contributed by atoms with E-state index < -0.39 is 22.0 Å². The Balaban J connectivity index is 1.74. The van der Waals surface area contributed by atoms with Gasteiger partial charge in [0.1, 0.15) is 6.04 Å². The van der Waals surface area contributed by atoms with Crippen molar-refractivity contribution < 1.29 is 17.9 Å². The predicted octanol–water partition coefficient (Wildman–Crippen LogP) is 2.62. The molecule has 0 bridgehead atoms. The molecule has 2 aromatic rings. The second-order valence-corrected chi connectivity index (χ2v) is 9.07. The lowest BCUT2D eigenvalue weighted by atomic mass is 10.2. The van der Waals surface area contributed by atoms with Gasteiger partial charge in [0.15, 0.2) is 0 Å². The fraction of sp³-hybridized carbons (Fsp3) is 0.381. The number of aryl methyl sites for hydroxylation is 1. The summed E-state index contributed by atoms with van der Waals surface area (Å²) in [6, 6.07) is 13.7. The monoisotopic (exact) mass is 417 g/mol. The number of hydrogen-bond donors (Lipinski definition) is 1. The van der Waals surface area contributed by atoms with Gasteiger partial charge in [-0.05, 0) is 55.8 Å². The van der Waals surface area contributed by atoms with Crippen LogP contribution in [0.25, 0.3) is 0 Å². The number of nitrogens with one attached hydrogen (secondary N) is 1. The van der Waals surface area contributed by atoms with E-state index in [9.17, 15) is 13.2 Å². The molecule has 8 heteroatoms. The average Bonchev–Trinajstić information content (AvgIpc) is 2.68. The summed E-state index contributed by atoms with van der Waals surface area (Å²) < 4.78 is 31.3. The summed E-state index contributed by atoms with van der Waals surface area (Å²) in [5.74, 6) is -0.393. The molecule has 1 aliphatic heterocycles. The van der Waals surface area contributed by atoms with Crippen molar-refractivity contribution >= 4 is 33.0 Å². The molecule has 1 fully saturated rings. The largest absolute Gasteiger partial charge is 0.378 e. The minimum absolute atomic E-state index is 0.393. The van der Waals surface area contributed by atoms with Crippen LogP contribution in [0.3, 0.4) is 0 Å². The van der Waals surface area contributed by atoms with E-state index in [0.29, 0.717) is 24.6 Å². The Morgan fingerprint density at radius 3 is 2.38 bits per heavy atom. The van der Waals surface area contributed by atoms with Gasteiger partial charge in [0.25, 0.3) is 0 Å². The second-order valence-electron chi connectivity index (χ2n) is 7.21. The van der Waals surface area contributed by atoms with Crippen molar-refractivity contribution in [2.45, 2.75) is 19.9 Å². The topological polar surface area (TPSA) is 79.0 Å². The van der Waals surface area contributed by atoms with E-state index in [1.807, 2.05) is 37.3 Å². The van der Waals surface area contributed by atoms with Crippen LogP contribution in [0.1, 0.15) is 12.5 Å². The molecular weight excluding hydrogens is 390 g/mol. The van der Waals surface area contributed by atoms with Crippen LogP contribution in [0.2, 0.25) is 0 Å². The van der Waals surface area contributed by atoms with Crippen LogP contribution < -0.4 is 14.5 Å². The van der Waals surface area contributed by atoms with Gasteiger partial charge in [-0.15, -0.1) is 0 Å². The lowest BCUT2D eigenvalue weighted by Gasteiger charge is -2.29. The summed E-state index contributed by atoms with van der Waals surface area (Å²) in [5.41, 5.74) is 3.08. The van der Waals surface area contributed by atoms with Crippen molar-refractivity contribution in [2.75, 3.05) is 47.1 Å².